The number of thioether (sulfide) groups is 1. The molecule has 1 aromatic carbocycles. The normalized spacial score (nSPS) is 16.8. The number of nitrogens with one attached hydrogen (secondary N) is 1. The summed E-state index contributed by atoms with van der Waals surface area (Å²) in [6.07, 6.45) is 2.60. The van der Waals surface area contributed by atoms with Crippen LogP contribution in [0.5, 0.6) is 0 Å². The molecule has 28 heavy (non-hydrogen) atoms. The molecule has 2 aromatic rings. The monoisotopic (exact) mass is 402 g/mol. The third kappa shape index (κ3) is 5.39. The predicted molar refractivity (Wildman–Crippen MR) is 109 cm³/mol. The Morgan fingerprint density at radius 2 is 2.11 bits per heavy atom. The van der Waals surface area contributed by atoms with E-state index >= 15 is 0 Å². The molecule has 1 fully saturated rings. The van der Waals surface area contributed by atoms with E-state index < -0.39 is 0 Å². The van der Waals surface area contributed by atoms with Crippen molar-refractivity contribution in [3.05, 3.63) is 59.5 Å². The maximum atomic E-state index is 12.3. The smallest absolute Gasteiger partial charge is 0.251 e. The summed E-state index contributed by atoms with van der Waals surface area (Å²) in [4.78, 5) is 26.3. The molecule has 1 aliphatic rings. The number of hydrogen-bond donors (Lipinski definition) is 1. The van der Waals surface area contributed by atoms with Gasteiger partial charge in [-0.15, -0.1) is 11.8 Å². The lowest BCUT2D eigenvalue weighted by Crippen LogP contribution is -2.27. The van der Waals surface area contributed by atoms with E-state index in [9.17, 15) is 9.59 Å². The molecule has 0 unspecified atom stereocenters. The van der Waals surface area contributed by atoms with Crippen LogP contribution in [0.3, 0.4) is 0 Å². The first-order chi connectivity index (χ1) is 13.5. The van der Waals surface area contributed by atoms with E-state index in [-0.39, 0.29) is 23.3 Å². The van der Waals surface area contributed by atoms with E-state index in [2.05, 4.69) is 5.32 Å². The van der Waals surface area contributed by atoms with Crippen LogP contribution in [0.1, 0.15) is 47.3 Å². The fourth-order valence-corrected chi connectivity index (χ4v) is 4.15. The van der Waals surface area contributed by atoms with Crippen LogP contribution < -0.4 is 5.32 Å². The van der Waals surface area contributed by atoms with Gasteiger partial charge in [-0.2, -0.15) is 0 Å². The van der Waals surface area contributed by atoms with Crippen LogP contribution in [-0.4, -0.2) is 41.7 Å². The van der Waals surface area contributed by atoms with Crippen molar-refractivity contribution in [1.82, 2.24) is 10.2 Å². The lowest BCUT2D eigenvalue weighted by Gasteiger charge is -2.23. The lowest BCUT2D eigenvalue weighted by atomic mass is 10.1. The van der Waals surface area contributed by atoms with Gasteiger partial charge in [-0.3, -0.25) is 9.59 Å². The Kier molecular flexibility index (Phi) is 7.17. The van der Waals surface area contributed by atoms with Crippen LogP contribution in [0.2, 0.25) is 0 Å². The molecule has 0 saturated carbocycles. The molecule has 1 saturated heterocycles. The van der Waals surface area contributed by atoms with Crippen LogP contribution >= 0.6 is 11.8 Å². The van der Waals surface area contributed by atoms with Crippen molar-refractivity contribution >= 4 is 23.6 Å². The quantitative estimate of drug-likeness (QED) is 0.649. The van der Waals surface area contributed by atoms with Gasteiger partial charge in [0.2, 0.25) is 5.91 Å². The predicted octanol–water partition coefficient (Wildman–Crippen LogP) is 3.60. The van der Waals surface area contributed by atoms with Crippen LogP contribution in [-0.2, 0) is 16.1 Å². The molecule has 3 rings (SSSR count). The van der Waals surface area contributed by atoms with Crippen molar-refractivity contribution in [3.8, 4) is 0 Å². The van der Waals surface area contributed by atoms with E-state index in [1.807, 2.05) is 55.1 Å². The summed E-state index contributed by atoms with van der Waals surface area (Å²) >= 11 is 1.59. The zero-order valence-electron chi connectivity index (χ0n) is 16.2. The van der Waals surface area contributed by atoms with Gasteiger partial charge in [0.1, 0.15) is 11.1 Å². The van der Waals surface area contributed by atoms with Gasteiger partial charge in [-0.25, -0.2) is 0 Å². The van der Waals surface area contributed by atoms with E-state index in [1.165, 1.54) is 0 Å². The van der Waals surface area contributed by atoms with Gasteiger partial charge in [0.05, 0.1) is 24.7 Å². The summed E-state index contributed by atoms with van der Waals surface area (Å²) in [6, 6.07) is 11.1. The molecule has 1 aliphatic heterocycles. The molecule has 1 atom stereocenters. The summed E-state index contributed by atoms with van der Waals surface area (Å²) in [5.74, 6) is 1.21. The third-order valence-electron chi connectivity index (χ3n) is 4.39. The summed E-state index contributed by atoms with van der Waals surface area (Å²) in [6.45, 7) is 5.65. The number of rotatable bonds is 9. The molecule has 150 valence electrons. The van der Waals surface area contributed by atoms with Gasteiger partial charge in [-0.05, 0) is 50.1 Å². The number of furan rings is 1. The highest BCUT2D eigenvalue weighted by molar-refractivity contribution is 8.00. The molecule has 6 nitrogen and oxygen atoms in total. The number of amides is 2. The summed E-state index contributed by atoms with van der Waals surface area (Å²) in [5, 5.41) is 2.84. The zero-order chi connectivity index (χ0) is 19.9. The van der Waals surface area contributed by atoms with Crippen molar-refractivity contribution < 1.29 is 18.7 Å². The second-order valence-electron chi connectivity index (χ2n) is 6.92. The van der Waals surface area contributed by atoms with Crippen molar-refractivity contribution in [1.29, 1.82) is 0 Å². The summed E-state index contributed by atoms with van der Waals surface area (Å²) < 4.78 is 10.8. The van der Waals surface area contributed by atoms with Crippen LogP contribution in [0.15, 0.2) is 47.1 Å². The first kappa shape index (κ1) is 20.5. The van der Waals surface area contributed by atoms with Gasteiger partial charge in [0.15, 0.2) is 0 Å². The van der Waals surface area contributed by atoms with Crippen LogP contribution in [0.4, 0.5) is 0 Å². The molecule has 0 radical (unpaired) electrons. The average molecular weight is 403 g/mol. The number of carbonyl (C=O) groups excluding carboxylic acids is 2. The minimum absolute atomic E-state index is 0.0668. The Labute approximate surface area is 169 Å². The number of ether oxygens (including phenoxy) is 1. The summed E-state index contributed by atoms with van der Waals surface area (Å²) in [5.41, 5.74) is 1.62. The van der Waals surface area contributed by atoms with E-state index in [4.69, 9.17) is 9.15 Å². The molecule has 2 heterocycles. The standard InChI is InChI=1S/C21H26N2O4S/c1-15(2)26-12-4-10-22-20(25)16-6-8-17(9-7-16)21-23(19(24)14-28-21)13-18-5-3-11-27-18/h3,5-9,11,15,21H,4,10,12-14H2,1-2H3,(H,22,25)/t21-/m1/s1. The topological polar surface area (TPSA) is 71.8 Å². The second kappa shape index (κ2) is 9.80. The molecule has 7 heteroatoms. The molecule has 0 spiro atoms. The molecular formula is C21H26N2O4S. The Morgan fingerprint density at radius 3 is 2.79 bits per heavy atom. The molecular weight excluding hydrogens is 376 g/mol. The zero-order valence-corrected chi connectivity index (χ0v) is 17.0. The number of hydrogen-bond acceptors (Lipinski definition) is 5. The molecule has 1 N–H and O–H groups in total. The van der Waals surface area contributed by atoms with E-state index in [1.54, 1.807) is 18.0 Å². The Bertz CT molecular complexity index is 774. The van der Waals surface area contributed by atoms with Gasteiger partial charge >= 0.3 is 0 Å². The fourth-order valence-electron chi connectivity index (χ4n) is 2.97. The molecule has 1 aromatic heterocycles. The fraction of sp³-hybridized carbons (Fsp3) is 0.429. The minimum atomic E-state index is -0.0984. The molecule has 0 bridgehead atoms. The molecule has 0 aliphatic carbocycles. The lowest BCUT2D eigenvalue weighted by molar-refractivity contribution is -0.128. The maximum absolute atomic E-state index is 12.3. The van der Waals surface area contributed by atoms with E-state index in [0.717, 1.165) is 17.7 Å². The first-order valence-electron chi connectivity index (χ1n) is 9.48. The average Bonchev–Trinajstić information content (AvgIpc) is 3.32. The maximum Gasteiger partial charge on any atom is 0.251 e. The Balaban J connectivity index is 1.55. The van der Waals surface area contributed by atoms with Gasteiger partial charge in [-0.1, -0.05) is 12.1 Å². The number of nitrogens with zero attached hydrogens (tertiary/aromatic N) is 1. The van der Waals surface area contributed by atoms with Gasteiger partial charge in [0, 0.05) is 18.7 Å². The Morgan fingerprint density at radius 1 is 1.32 bits per heavy atom. The second-order valence-corrected chi connectivity index (χ2v) is 7.98. The largest absolute Gasteiger partial charge is 0.467 e. The van der Waals surface area contributed by atoms with Crippen molar-refractivity contribution in [2.24, 2.45) is 0 Å². The van der Waals surface area contributed by atoms with Crippen LogP contribution in [0.25, 0.3) is 0 Å². The highest BCUT2D eigenvalue weighted by Crippen LogP contribution is 2.39. The highest BCUT2D eigenvalue weighted by Gasteiger charge is 2.33. The SMILES string of the molecule is CC(C)OCCCNC(=O)c1ccc([C@H]2SCC(=O)N2Cc2ccco2)cc1. The molecule has 2 amide bonds. The van der Waals surface area contributed by atoms with E-state index in [0.29, 0.717) is 31.0 Å². The number of carbonyl (C=O) groups is 2. The van der Waals surface area contributed by atoms with Gasteiger partial charge < -0.3 is 19.4 Å². The number of benzene rings is 1. The minimum Gasteiger partial charge on any atom is -0.467 e. The first-order valence-corrected chi connectivity index (χ1v) is 10.5. The van der Waals surface area contributed by atoms with Crippen molar-refractivity contribution in [2.45, 2.75) is 38.3 Å². The van der Waals surface area contributed by atoms with Crippen molar-refractivity contribution in [2.75, 3.05) is 18.9 Å². The van der Waals surface area contributed by atoms with Crippen LogP contribution in [0, 0.1) is 0 Å². The highest BCUT2D eigenvalue weighted by atomic mass is 32.2. The Hall–Kier alpha value is -2.25. The summed E-state index contributed by atoms with van der Waals surface area (Å²) in [7, 11) is 0. The van der Waals surface area contributed by atoms with Gasteiger partial charge in [0.25, 0.3) is 5.91 Å². The third-order valence-corrected chi connectivity index (χ3v) is 5.65. The van der Waals surface area contributed by atoms with Crippen molar-refractivity contribution in [3.63, 3.8) is 0 Å².